The van der Waals surface area contributed by atoms with E-state index in [0.29, 0.717) is 22.4 Å². The van der Waals surface area contributed by atoms with Crippen LogP contribution in [0.25, 0.3) is 0 Å². The maximum atomic E-state index is 12.2. The minimum Gasteiger partial charge on any atom is -0.352 e. The van der Waals surface area contributed by atoms with Crippen LogP contribution < -0.4 is 5.32 Å². The summed E-state index contributed by atoms with van der Waals surface area (Å²) in [5, 5.41) is 7.00. The molecule has 3 heterocycles. The number of hydrogen-bond donors (Lipinski definition) is 2. The van der Waals surface area contributed by atoms with E-state index >= 15 is 0 Å². The quantitative estimate of drug-likeness (QED) is 0.726. The molecule has 3 rings (SSSR count). The second kappa shape index (κ2) is 6.31. The average molecular weight is 311 g/mol. The molecule has 110 valence electrons. The zero-order valence-electron chi connectivity index (χ0n) is 11.6. The molecule has 0 radical (unpaired) electrons. The van der Waals surface area contributed by atoms with Crippen LogP contribution in [0.1, 0.15) is 15.9 Å². The minimum absolute atomic E-state index is 0.261. The third-order valence-corrected chi connectivity index (χ3v) is 3.36. The van der Waals surface area contributed by atoms with Gasteiger partial charge < -0.3 is 10.3 Å². The van der Waals surface area contributed by atoms with Gasteiger partial charge in [-0.3, -0.25) is 14.5 Å². The largest absolute Gasteiger partial charge is 0.352 e. The molecule has 1 amide bonds. The van der Waals surface area contributed by atoms with Gasteiger partial charge >= 0.3 is 0 Å². The second-order valence-corrected chi connectivity index (χ2v) is 5.06. The van der Waals surface area contributed by atoms with Crippen molar-refractivity contribution in [3.05, 3.63) is 71.0 Å². The highest BCUT2D eigenvalue weighted by atomic mass is 32.1. The number of pyridine rings is 2. The van der Waals surface area contributed by atoms with Crippen LogP contribution in [-0.2, 0) is 6.54 Å². The molecule has 0 saturated heterocycles. The fourth-order valence-corrected chi connectivity index (χ4v) is 2.22. The van der Waals surface area contributed by atoms with Crippen LogP contribution in [-0.4, -0.2) is 25.7 Å². The van der Waals surface area contributed by atoms with Gasteiger partial charge in [0, 0.05) is 24.8 Å². The summed E-state index contributed by atoms with van der Waals surface area (Å²) in [5.74, 6) is -0.261. The first-order valence-electron chi connectivity index (χ1n) is 6.63. The van der Waals surface area contributed by atoms with Gasteiger partial charge in [-0.15, -0.1) is 0 Å². The van der Waals surface area contributed by atoms with Crippen LogP contribution in [0, 0.1) is 4.64 Å². The van der Waals surface area contributed by atoms with E-state index in [4.69, 9.17) is 12.2 Å². The Morgan fingerprint density at radius 2 is 2.23 bits per heavy atom. The number of carbonyl (C=O) groups excluding carboxylic acids is 1. The lowest BCUT2D eigenvalue weighted by Crippen LogP contribution is -2.12. The van der Waals surface area contributed by atoms with Gasteiger partial charge in [0.2, 0.25) is 0 Å². The van der Waals surface area contributed by atoms with Gasteiger partial charge in [0.05, 0.1) is 24.0 Å². The zero-order valence-corrected chi connectivity index (χ0v) is 12.4. The van der Waals surface area contributed by atoms with Crippen molar-refractivity contribution in [2.45, 2.75) is 6.54 Å². The topological polar surface area (TPSA) is 75.6 Å². The van der Waals surface area contributed by atoms with Gasteiger partial charge in [-0.25, -0.2) is 0 Å². The number of hydrogen-bond acceptors (Lipinski definition) is 4. The lowest BCUT2D eigenvalue weighted by atomic mass is 10.2. The fraction of sp³-hybridized carbons (Fsp3) is 0.0667. The molecule has 0 aromatic carbocycles. The van der Waals surface area contributed by atoms with Crippen molar-refractivity contribution in [2.75, 3.05) is 5.32 Å². The SMILES string of the molecule is O=C(Nc1cnn(Cc2cccnc2)c1)c1ccc[nH]c1=S. The van der Waals surface area contributed by atoms with Crippen molar-refractivity contribution in [1.82, 2.24) is 19.7 Å². The van der Waals surface area contributed by atoms with Crippen molar-refractivity contribution in [2.24, 2.45) is 0 Å². The van der Waals surface area contributed by atoms with Crippen molar-refractivity contribution in [3.63, 3.8) is 0 Å². The third kappa shape index (κ3) is 3.26. The van der Waals surface area contributed by atoms with Crippen LogP contribution in [0.5, 0.6) is 0 Å². The minimum atomic E-state index is -0.261. The molecule has 3 aromatic rings. The van der Waals surface area contributed by atoms with E-state index in [1.165, 1.54) is 0 Å². The number of nitrogens with zero attached hydrogens (tertiary/aromatic N) is 3. The van der Waals surface area contributed by atoms with Gasteiger partial charge in [-0.1, -0.05) is 18.3 Å². The number of anilines is 1. The zero-order chi connectivity index (χ0) is 15.4. The third-order valence-electron chi connectivity index (χ3n) is 3.02. The normalized spacial score (nSPS) is 10.4. The summed E-state index contributed by atoms with van der Waals surface area (Å²) < 4.78 is 2.14. The number of aromatic nitrogens is 4. The summed E-state index contributed by atoms with van der Waals surface area (Å²) in [4.78, 5) is 19.0. The molecule has 0 saturated carbocycles. The van der Waals surface area contributed by atoms with E-state index in [2.05, 4.69) is 20.4 Å². The van der Waals surface area contributed by atoms with Crippen molar-refractivity contribution in [1.29, 1.82) is 0 Å². The molecule has 0 aliphatic rings. The first kappa shape index (κ1) is 14.2. The standard InChI is InChI=1S/C15H13N5OS/c21-14(13-4-2-6-17-15(13)22)19-12-8-18-20(10-12)9-11-3-1-5-16-7-11/h1-8,10H,9H2,(H,17,22)(H,19,21). The van der Waals surface area contributed by atoms with Crippen molar-refractivity contribution >= 4 is 23.8 Å². The first-order chi connectivity index (χ1) is 10.7. The fourth-order valence-electron chi connectivity index (χ4n) is 1.99. The first-order valence-corrected chi connectivity index (χ1v) is 7.03. The van der Waals surface area contributed by atoms with Gasteiger partial charge in [0.15, 0.2) is 0 Å². The summed E-state index contributed by atoms with van der Waals surface area (Å²) in [6.07, 6.45) is 8.56. The molecule has 0 spiro atoms. The maximum absolute atomic E-state index is 12.2. The Kier molecular flexibility index (Phi) is 4.06. The Labute approximate surface area is 131 Å². The summed E-state index contributed by atoms with van der Waals surface area (Å²) in [6.45, 7) is 0.592. The molecular formula is C15H13N5OS. The number of carbonyl (C=O) groups is 1. The Balaban J connectivity index is 1.71. The number of aromatic amines is 1. The molecule has 0 aliphatic carbocycles. The van der Waals surface area contributed by atoms with E-state index in [9.17, 15) is 4.79 Å². The molecule has 3 aromatic heterocycles. The predicted molar refractivity (Wildman–Crippen MR) is 85.1 cm³/mol. The lowest BCUT2D eigenvalue weighted by Gasteiger charge is -2.02. The number of amides is 1. The molecular weight excluding hydrogens is 298 g/mol. The molecule has 0 fully saturated rings. The van der Waals surface area contributed by atoms with Crippen LogP contribution >= 0.6 is 12.2 Å². The van der Waals surface area contributed by atoms with Gasteiger partial charge in [-0.05, 0) is 23.8 Å². The highest BCUT2D eigenvalue weighted by Crippen LogP contribution is 2.10. The Bertz CT molecular complexity index is 840. The maximum Gasteiger partial charge on any atom is 0.258 e. The van der Waals surface area contributed by atoms with E-state index in [1.807, 2.05) is 12.1 Å². The monoisotopic (exact) mass is 311 g/mol. The highest BCUT2D eigenvalue weighted by molar-refractivity contribution is 7.71. The average Bonchev–Trinajstić information content (AvgIpc) is 2.95. The van der Waals surface area contributed by atoms with E-state index in [-0.39, 0.29) is 5.91 Å². The number of rotatable bonds is 4. The lowest BCUT2D eigenvalue weighted by molar-refractivity contribution is 0.102. The highest BCUT2D eigenvalue weighted by Gasteiger charge is 2.09. The van der Waals surface area contributed by atoms with Crippen molar-refractivity contribution < 1.29 is 4.79 Å². The predicted octanol–water partition coefficient (Wildman–Crippen LogP) is 2.64. The Hall–Kier alpha value is -2.80. The Morgan fingerprint density at radius 1 is 1.32 bits per heavy atom. The molecule has 0 unspecified atom stereocenters. The smallest absolute Gasteiger partial charge is 0.258 e. The summed E-state index contributed by atoms with van der Waals surface area (Å²) >= 11 is 5.09. The van der Waals surface area contributed by atoms with E-state index < -0.39 is 0 Å². The molecule has 2 N–H and O–H groups in total. The molecule has 0 atom stereocenters. The molecule has 6 nitrogen and oxygen atoms in total. The summed E-state index contributed by atoms with van der Waals surface area (Å²) in [7, 11) is 0. The van der Waals surface area contributed by atoms with E-state index in [1.54, 1.807) is 47.8 Å². The van der Waals surface area contributed by atoms with Crippen LogP contribution in [0.2, 0.25) is 0 Å². The molecule has 22 heavy (non-hydrogen) atoms. The van der Waals surface area contributed by atoms with Crippen LogP contribution in [0.4, 0.5) is 5.69 Å². The van der Waals surface area contributed by atoms with Crippen LogP contribution in [0.15, 0.2) is 55.2 Å². The van der Waals surface area contributed by atoms with Gasteiger partial charge in [0.1, 0.15) is 4.64 Å². The summed E-state index contributed by atoms with van der Waals surface area (Å²) in [6, 6.07) is 7.25. The van der Waals surface area contributed by atoms with E-state index in [0.717, 1.165) is 5.56 Å². The number of nitrogens with one attached hydrogen (secondary N) is 2. The van der Waals surface area contributed by atoms with Crippen LogP contribution in [0.3, 0.4) is 0 Å². The Morgan fingerprint density at radius 3 is 3.00 bits per heavy atom. The molecule has 7 heteroatoms. The van der Waals surface area contributed by atoms with Gasteiger partial charge in [0.25, 0.3) is 5.91 Å². The van der Waals surface area contributed by atoms with Crippen molar-refractivity contribution in [3.8, 4) is 0 Å². The number of H-pyrrole nitrogens is 1. The summed E-state index contributed by atoms with van der Waals surface area (Å²) in [5.41, 5.74) is 2.08. The molecule has 0 bridgehead atoms. The van der Waals surface area contributed by atoms with Gasteiger partial charge in [-0.2, -0.15) is 5.10 Å². The molecule has 0 aliphatic heterocycles. The second-order valence-electron chi connectivity index (χ2n) is 4.65.